The van der Waals surface area contributed by atoms with E-state index in [9.17, 15) is 5.11 Å². The quantitative estimate of drug-likeness (QED) is 0.877. The highest BCUT2D eigenvalue weighted by molar-refractivity contribution is 5.17. The van der Waals surface area contributed by atoms with E-state index in [2.05, 4.69) is 18.8 Å². The molecule has 0 aromatic carbocycles. The third kappa shape index (κ3) is 3.15. The van der Waals surface area contributed by atoms with E-state index < -0.39 is 0 Å². The first kappa shape index (κ1) is 14.5. The topological polar surface area (TPSA) is 59.1 Å². The van der Waals surface area contributed by atoms with Crippen LogP contribution in [0, 0.1) is 11.3 Å². The van der Waals surface area contributed by atoms with Crippen LogP contribution in [-0.2, 0) is 0 Å². The van der Waals surface area contributed by atoms with E-state index in [0.717, 1.165) is 12.0 Å². The maximum Gasteiger partial charge on any atom is 0.0654 e. The molecule has 1 heterocycles. The molecule has 1 aromatic rings. The summed E-state index contributed by atoms with van der Waals surface area (Å²) in [6.45, 7) is 5.02. The van der Waals surface area contributed by atoms with Gasteiger partial charge in [0.05, 0.1) is 6.10 Å². The molecular formula is C16H26N2O. The van der Waals surface area contributed by atoms with Crippen LogP contribution in [-0.4, -0.2) is 22.7 Å². The number of pyridine rings is 1. The standard InChI is InChI=1S/C16H26N2O/c1-16(2)8-4-3-7-14(16)15(19)13(10-17)12-6-5-9-18-11-12/h5-6,9,11,13-15,19H,3-4,7-8,10,17H2,1-2H3. The zero-order chi connectivity index (χ0) is 13.9. The van der Waals surface area contributed by atoms with E-state index in [1.54, 1.807) is 6.20 Å². The van der Waals surface area contributed by atoms with Gasteiger partial charge in [0.2, 0.25) is 0 Å². The zero-order valence-corrected chi connectivity index (χ0v) is 12.0. The molecule has 0 amide bonds. The molecule has 3 N–H and O–H groups in total. The van der Waals surface area contributed by atoms with Crippen LogP contribution in [0.25, 0.3) is 0 Å². The maximum atomic E-state index is 10.8. The molecule has 3 heteroatoms. The second-order valence-corrected chi connectivity index (χ2v) is 6.46. The van der Waals surface area contributed by atoms with Crippen LogP contribution in [0.15, 0.2) is 24.5 Å². The van der Waals surface area contributed by atoms with Gasteiger partial charge in [-0.2, -0.15) is 0 Å². The summed E-state index contributed by atoms with van der Waals surface area (Å²) in [6.07, 6.45) is 8.00. The SMILES string of the molecule is CC1(C)CCCCC1C(O)C(CN)c1cccnc1. The Labute approximate surface area is 116 Å². The minimum Gasteiger partial charge on any atom is -0.392 e. The van der Waals surface area contributed by atoms with Gasteiger partial charge >= 0.3 is 0 Å². The Morgan fingerprint density at radius 2 is 2.26 bits per heavy atom. The largest absolute Gasteiger partial charge is 0.392 e. The highest BCUT2D eigenvalue weighted by atomic mass is 16.3. The predicted molar refractivity (Wildman–Crippen MR) is 77.8 cm³/mol. The molecule has 3 nitrogen and oxygen atoms in total. The van der Waals surface area contributed by atoms with Crippen molar-refractivity contribution in [2.45, 2.75) is 51.6 Å². The van der Waals surface area contributed by atoms with Gasteiger partial charge in [-0.1, -0.05) is 32.8 Å². The third-order valence-corrected chi connectivity index (χ3v) is 4.78. The van der Waals surface area contributed by atoms with E-state index >= 15 is 0 Å². The number of rotatable bonds is 4. The van der Waals surface area contributed by atoms with Crippen LogP contribution < -0.4 is 5.73 Å². The molecule has 2 rings (SSSR count). The highest BCUT2D eigenvalue weighted by Crippen LogP contribution is 2.45. The van der Waals surface area contributed by atoms with Crippen LogP contribution in [0.5, 0.6) is 0 Å². The molecule has 106 valence electrons. The number of nitrogens with zero attached hydrogens (tertiary/aromatic N) is 1. The number of aromatic nitrogens is 1. The minimum atomic E-state index is -0.371. The second kappa shape index (κ2) is 6.02. The summed E-state index contributed by atoms with van der Waals surface area (Å²) in [5.41, 5.74) is 7.17. The average molecular weight is 262 g/mol. The van der Waals surface area contributed by atoms with E-state index in [-0.39, 0.29) is 17.4 Å². The number of aliphatic hydroxyl groups is 1. The summed E-state index contributed by atoms with van der Waals surface area (Å²) in [7, 11) is 0. The highest BCUT2D eigenvalue weighted by Gasteiger charge is 2.39. The van der Waals surface area contributed by atoms with Crippen molar-refractivity contribution in [1.29, 1.82) is 0 Å². The van der Waals surface area contributed by atoms with Crippen molar-refractivity contribution in [3.05, 3.63) is 30.1 Å². The molecule has 1 aliphatic carbocycles. The van der Waals surface area contributed by atoms with Gasteiger partial charge in [0, 0.05) is 24.9 Å². The first-order valence-corrected chi connectivity index (χ1v) is 7.34. The Morgan fingerprint density at radius 3 is 2.84 bits per heavy atom. The monoisotopic (exact) mass is 262 g/mol. The van der Waals surface area contributed by atoms with E-state index in [1.165, 1.54) is 19.3 Å². The molecule has 1 fully saturated rings. The number of nitrogens with two attached hydrogens (primary N) is 1. The third-order valence-electron chi connectivity index (χ3n) is 4.78. The van der Waals surface area contributed by atoms with Crippen molar-refractivity contribution in [2.75, 3.05) is 6.54 Å². The van der Waals surface area contributed by atoms with Crippen molar-refractivity contribution < 1.29 is 5.11 Å². The van der Waals surface area contributed by atoms with Crippen LogP contribution in [0.2, 0.25) is 0 Å². The second-order valence-electron chi connectivity index (χ2n) is 6.46. The van der Waals surface area contributed by atoms with E-state index in [4.69, 9.17) is 5.73 Å². The van der Waals surface area contributed by atoms with E-state index in [0.29, 0.717) is 12.5 Å². The molecule has 0 aliphatic heterocycles. The lowest BCUT2D eigenvalue weighted by Gasteiger charge is -2.43. The van der Waals surface area contributed by atoms with Crippen molar-refractivity contribution in [3.63, 3.8) is 0 Å². The van der Waals surface area contributed by atoms with Gasteiger partial charge in [0.25, 0.3) is 0 Å². The minimum absolute atomic E-state index is 0.00363. The molecule has 1 aliphatic rings. The van der Waals surface area contributed by atoms with Gasteiger partial charge in [-0.3, -0.25) is 4.98 Å². The number of hydrogen-bond donors (Lipinski definition) is 2. The molecule has 0 bridgehead atoms. The van der Waals surface area contributed by atoms with Crippen LogP contribution >= 0.6 is 0 Å². The Bertz CT molecular complexity index is 391. The summed E-state index contributed by atoms with van der Waals surface area (Å²) in [4.78, 5) is 4.15. The van der Waals surface area contributed by atoms with Crippen molar-refractivity contribution in [1.82, 2.24) is 4.98 Å². The molecule has 3 unspecified atom stereocenters. The summed E-state index contributed by atoms with van der Waals surface area (Å²) in [5, 5.41) is 10.8. The van der Waals surface area contributed by atoms with Gasteiger partial charge in [-0.25, -0.2) is 0 Å². The van der Waals surface area contributed by atoms with Crippen LogP contribution in [0.3, 0.4) is 0 Å². The van der Waals surface area contributed by atoms with Crippen LogP contribution in [0.4, 0.5) is 0 Å². The molecule has 0 radical (unpaired) electrons. The lowest BCUT2D eigenvalue weighted by atomic mass is 9.64. The Kier molecular flexibility index (Phi) is 4.58. The van der Waals surface area contributed by atoms with Crippen molar-refractivity contribution in [3.8, 4) is 0 Å². The average Bonchev–Trinajstić information content (AvgIpc) is 2.40. The molecule has 1 saturated carbocycles. The first-order valence-electron chi connectivity index (χ1n) is 7.34. The lowest BCUT2D eigenvalue weighted by molar-refractivity contribution is -0.00900. The summed E-state index contributed by atoms with van der Waals surface area (Å²) < 4.78 is 0. The Balaban J connectivity index is 2.18. The smallest absolute Gasteiger partial charge is 0.0654 e. The van der Waals surface area contributed by atoms with Gasteiger partial charge in [0.1, 0.15) is 0 Å². The Hall–Kier alpha value is -0.930. The number of hydrogen-bond acceptors (Lipinski definition) is 3. The fraction of sp³-hybridized carbons (Fsp3) is 0.688. The molecule has 0 spiro atoms. The van der Waals surface area contributed by atoms with Crippen LogP contribution in [0.1, 0.15) is 51.0 Å². The molecule has 3 atom stereocenters. The zero-order valence-electron chi connectivity index (χ0n) is 12.0. The normalized spacial score (nSPS) is 25.8. The van der Waals surface area contributed by atoms with Gasteiger partial charge in [-0.15, -0.1) is 0 Å². The summed E-state index contributed by atoms with van der Waals surface area (Å²) in [6, 6.07) is 3.93. The first-order chi connectivity index (χ1) is 9.06. The van der Waals surface area contributed by atoms with Crippen molar-refractivity contribution >= 4 is 0 Å². The number of aliphatic hydroxyl groups excluding tert-OH is 1. The fourth-order valence-electron chi connectivity index (χ4n) is 3.50. The molecule has 19 heavy (non-hydrogen) atoms. The maximum absolute atomic E-state index is 10.8. The molecule has 0 saturated heterocycles. The summed E-state index contributed by atoms with van der Waals surface area (Å²) in [5.74, 6) is 0.325. The molecular weight excluding hydrogens is 236 g/mol. The van der Waals surface area contributed by atoms with Gasteiger partial charge in [0.15, 0.2) is 0 Å². The van der Waals surface area contributed by atoms with Crippen molar-refractivity contribution in [2.24, 2.45) is 17.1 Å². The summed E-state index contributed by atoms with van der Waals surface area (Å²) >= 11 is 0. The predicted octanol–water partition coefficient (Wildman–Crippen LogP) is 2.70. The van der Waals surface area contributed by atoms with E-state index in [1.807, 2.05) is 18.3 Å². The fourth-order valence-corrected chi connectivity index (χ4v) is 3.50. The Morgan fingerprint density at radius 1 is 1.47 bits per heavy atom. The van der Waals surface area contributed by atoms with Gasteiger partial charge in [-0.05, 0) is 35.8 Å². The molecule has 1 aromatic heterocycles. The lowest BCUT2D eigenvalue weighted by Crippen LogP contribution is -2.41. The van der Waals surface area contributed by atoms with Gasteiger partial charge < -0.3 is 10.8 Å².